The molecule has 2 aliphatic rings. The third-order valence-corrected chi connectivity index (χ3v) is 4.71. The molecular formula is C15H23NO5. The monoisotopic (exact) mass is 297 g/mol. The highest BCUT2D eigenvalue weighted by Crippen LogP contribution is 2.59. The molecule has 1 saturated heterocycles. The van der Waals surface area contributed by atoms with Gasteiger partial charge in [0.1, 0.15) is 0 Å². The number of likely N-dealkylation sites (tertiary alicyclic amines) is 1. The molecule has 1 amide bonds. The number of piperidine rings is 1. The Labute approximate surface area is 124 Å². The Morgan fingerprint density at radius 3 is 2.48 bits per heavy atom. The van der Waals surface area contributed by atoms with Gasteiger partial charge in [0.2, 0.25) is 5.91 Å². The molecule has 1 saturated carbocycles. The minimum atomic E-state index is -0.919. The van der Waals surface area contributed by atoms with E-state index in [0.29, 0.717) is 19.7 Å². The van der Waals surface area contributed by atoms with Gasteiger partial charge in [0.25, 0.3) is 0 Å². The van der Waals surface area contributed by atoms with Crippen molar-refractivity contribution in [3.63, 3.8) is 0 Å². The summed E-state index contributed by atoms with van der Waals surface area (Å²) in [5.74, 6) is -2.70. The van der Waals surface area contributed by atoms with Crippen molar-refractivity contribution in [2.75, 3.05) is 19.7 Å². The number of amides is 1. The third kappa shape index (κ3) is 2.89. The number of nitrogens with zero attached hydrogens (tertiary/aromatic N) is 1. The molecule has 0 aromatic carbocycles. The van der Waals surface area contributed by atoms with Crippen LogP contribution in [0.2, 0.25) is 0 Å². The zero-order chi connectivity index (χ0) is 15.8. The van der Waals surface area contributed by atoms with Gasteiger partial charge >= 0.3 is 11.9 Å². The zero-order valence-corrected chi connectivity index (χ0v) is 12.8. The van der Waals surface area contributed by atoms with E-state index in [1.165, 1.54) is 0 Å². The molecule has 21 heavy (non-hydrogen) atoms. The van der Waals surface area contributed by atoms with Crippen molar-refractivity contribution >= 4 is 17.8 Å². The van der Waals surface area contributed by atoms with Crippen molar-refractivity contribution < 1.29 is 24.2 Å². The van der Waals surface area contributed by atoms with E-state index in [2.05, 4.69) is 0 Å². The maximum absolute atomic E-state index is 12.5. The van der Waals surface area contributed by atoms with Gasteiger partial charge in [-0.1, -0.05) is 13.8 Å². The molecule has 0 radical (unpaired) electrons. The van der Waals surface area contributed by atoms with Gasteiger partial charge < -0.3 is 14.7 Å². The van der Waals surface area contributed by atoms with Gasteiger partial charge in [0.05, 0.1) is 24.4 Å². The second-order valence-corrected chi connectivity index (χ2v) is 6.49. The smallest absolute Gasteiger partial charge is 0.310 e. The maximum Gasteiger partial charge on any atom is 0.310 e. The van der Waals surface area contributed by atoms with Crippen LogP contribution in [0, 0.1) is 23.2 Å². The zero-order valence-electron chi connectivity index (χ0n) is 12.8. The van der Waals surface area contributed by atoms with Crippen LogP contribution < -0.4 is 0 Å². The Balaban J connectivity index is 2.00. The van der Waals surface area contributed by atoms with Crippen LogP contribution in [0.4, 0.5) is 0 Å². The highest BCUT2D eigenvalue weighted by molar-refractivity contribution is 5.92. The lowest BCUT2D eigenvalue weighted by molar-refractivity contribution is -0.152. The van der Waals surface area contributed by atoms with Crippen molar-refractivity contribution in [1.82, 2.24) is 4.90 Å². The molecule has 6 nitrogen and oxygen atoms in total. The van der Waals surface area contributed by atoms with Gasteiger partial charge in [-0.25, -0.2) is 0 Å². The van der Waals surface area contributed by atoms with Gasteiger partial charge in [0, 0.05) is 13.1 Å². The fourth-order valence-corrected chi connectivity index (χ4v) is 3.39. The molecule has 118 valence electrons. The summed E-state index contributed by atoms with van der Waals surface area (Å²) in [6.07, 6.45) is 1.47. The average molecular weight is 297 g/mol. The van der Waals surface area contributed by atoms with Crippen LogP contribution in [0.15, 0.2) is 0 Å². The normalized spacial score (nSPS) is 30.6. The molecule has 1 heterocycles. The molecule has 2 rings (SSSR count). The first-order valence-electron chi connectivity index (χ1n) is 7.49. The molecule has 1 aliphatic carbocycles. The van der Waals surface area contributed by atoms with Crippen molar-refractivity contribution in [2.45, 2.75) is 33.6 Å². The van der Waals surface area contributed by atoms with Gasteiger partial charge in [-0.2, -0.15) is 0 Å². The fraction of sp³-hybridized carbons (Fsp3) is 0.800. The van der Waals surface area contributed by atoms with E-state index in [9.17, 15) is 19.5 Å². The van der Waals surface area contributed by atoms with Crippen LogP contribution in [-0.2, 0) is 19.1 Å². The van der Waals surface area contributed by atoms with Crippen LogP contribution >= 0.6 is 0 Å². The highest BCUT2D eigenvalue weighted by Gasteiger charge is 2.66. The summed E-state index contributed by atoms with van der Waals surface area (Å²) in [6.45, 7) is 6.64. The number of hydrogen-bond donors (Lipinski definition) is 1. The number of esters is 1. The van der Waals surface area contributed by atoms with Gasteiger partial charge in [-0.3, -0.25) is 14.4 Å². The van der Waals surface area contributed by atoms with E-state index >= 15 is 0 Å². The van der Waals surface area contributed by atoms with E-state index in [0.717, 1.165) is 12.8 Å². The Hall–Kier alpha value is -1.59. The van der Waals surface area contributed by atoms with E-state index in [1.54, 1.807) is 25.7 Å². The van der Waals surface area contributed by atoms with E-state index in [-0.39, 0.29) is 17.8 Å². The Kier molecular flexibility index (Phi) is 4.25. The SMILES string of the molecule is CCOC(=O)[C@@H]1CCCN(C(=O)[C@H]2[C@@H](C(=O)O)C2(C)C)C1. The lowest BCUT2D eigenvalue weighted by atomic mass is 9.97. The molecule has 3 atom stereocenters. The standard InChI is InChI=1S/C15H23NO5/c1-4-21-14(20)9-6-5-7-16(8-9)12(17)10-11(13(18)19)15(10,2)3/h9-11H,4-8H2,1-3H3,(H,18,19)/t9-,10-,11+/m1/s1. The number of carbonyl (C=O) groups is 3. The molecule has 0 spiro atoms. The molecule has 1 N–H and O–H groups in total. The highest BCUT2D eigenvalue weighted by atomic mass is 16.5. The average Bonchev–Trinajstić information content (AvgIpc) is 3.01. The van der Waals surface area contributed by atoms with Crippen molar-refractivity contribution in [3.05, 3.63) is 0 Å². The summed E-state index contributed by atoms with van der Waals surface area (Å²) in [4.78, 5) is 37.2. The quantitative estimate of drug-likeness (QED) is 0.787. The summed E-state index contributed by atoms with van der Waals surface area (Å²) in [6, 6.07) is 0. The number of ether oxygens (including phenoxy) is 1. The molecule has 1 aliphatic heterocycles. The summed E-state index contributed by atoms with van der Waals surface area (Å²) in [5, 5.41) is 9.17. The minimum Gasteiger partial charge on any atom is -0.481 e. The number of carboxylic acid groups (broad SMARTS) is 1. The lowest BCUT2D eigenvalue weighted by Crippen LogP contribution is -2.44. The second kappa shape index (κ2) is 5.66. The third-order valence-electron chi connectivity index (χ3n) is 4.71. The van der Waals surface area contributed by atoms with Crippen LogP contribution in [-0.4, -0.2) is 47.5 Å². The van der Waals surface area contributed by atoms with E-state index in [1.807, 2.05) is 0 Å². The molecule has 2 fully saturated rings. The summed E-state index contributed by atoms with van der Waals surface area (Å²) < 4.78 is 5.01. The second-order valence-electron chi connectivity index (χ2n) is 6.49. The van der Waals surface area contributed by atoms with E-state index < -0.39 is 23.2 Å². The molecule has 0 aromatic rings. The van der Waals surface area contributed by atoms with Gasteiger partial charge in [-0.05, 0) is 25.2 Å². The Bertz CT molecular complexity index is 459. The molecule has 0 bridgehead atoms. The predicted octanol–water partition coefficient (Wildman–Crippen LogP) is 1.14. The van der Waals surface area contributed by atoms with Gasteiger partial charge in [0.15, 0.2) is 0 Å². The summed E-state index contributed by atoms with van der Waals surface area (Å²) in [5.41, 5.74) is -0.500. The lowest BCUT2D eigenvalue weighted by Gasteiger charge is -2.32. The van der Waals surface area contributed by atoms with E-state index in [4.69, 9.17) is 4.74 Å². The van der Waals surface area contributed by atoms with Gasteiger partial charge in [-0.15, -0.1) is 0 Å². The van der Waals surface area contributed by atoms with Crippen molar-refractivity contribution in [1.29, 1.82) is 0 Å². The first-order valence-corrected chi connectivity index (χ1v) is 7.49. The predicted molar refractivity (Wildman–Crippen MR) is 74.3 cm³/mol. The topological polar surface area (TPSA) is 83.9 Å². The first-order chi connectivity index (χ1) is 9.80. The first kappa shape index (κ1) is 15.8. The molecular weight excluding hydrogens is 274 g/mol. The van der Waals surface area contributed by atoms with Crippen molar-refractivity contribution in [2.24, 2.45) is 23.2 Å². The van der Waals surface area contributed by atoms with Crippen LogP contribution in [0.5, 0.6) is 0 Å². The minimum absolute atomic E-state index is 0.138. The maximum atomic E-state index is 12.5. The van der Waals surface area contributed by atoms with Crippen LogP contribution in [0.1, 0.15) is 33.6 Å². The number of aliphatic carboxylic acids is 1. The number of hydrogen-bond acceptors (Lipinski definition) is 4. The number of carboxylic acids is 1. The molecule has 0 aromatic heterocycles. The Morgan fingerprint density at radius 1 is 1.29 bits per heavy atom. The van der Waals surface area contributed by atoms with Crippen LogP contribution in [0.25, 0.3) is 0 Å². The van der Waals surface area contributed by atoms with Crippen LogP contribution in [0.3, 0.4) is 0 Å². The Morgan fingerprint density at radius 2 is 1.95 bits per heavy atom. The number of rotatable bonds is 4. The van der Waals surface area contributed by atoms with Crippen molar-refractivity contribution in [3.8, 4) is 0 Å². The fourth-order valence-electron chi connectivity index (χ4n) is 3.39. The summed E-state index contributed by atoms with van der Waals surface area (Å²) >= 11 is 0. The number of carbonyl (C=O) groups excluding carboxylic acids is 2. The molecule has 0 unspecified atom stereocenters. The molecule has 6 heteroatoms. The largest absolute Gasteiger partial charge is 0.481 e. The summed E-state index contributed by atoms with van der Waals surface area (Å²) in [7, 11) is 0.